The first kappa shape index (κ1) is 11.9. The third-order valence-corrected chi connectivity index (χ3v) is 3.48. The molecule has 0 amide bonds. The molecule has 2 rings (SSSR count). The maximum Gasteiger partial charge on any atom is 0.309 e. The second kappa shape index (κ2) is 4.73. The van der Waals surface area contributed by atoms with Gasteiger partial charge in [0.15, 0.2) is 0 Å². The van der Waals surface area contributed by atoms with E-state index in [1.807, 2.05) is 13.0 Å². The number of furan rings is 1. The number of ketones is 1. The fourth-order valence-corrected chi connectivity index (χ4v) is 2.45. The summed E-state index contributed by atoms with van der Waals surface area (Å²) in [6.07, 6.45) is 2.46. The average Bonchev–Trinajstić information content (AvgIpc) is 2.84. The van der Waals surface area contributed by atoms with Crippen LogP contribution in [-0.2, 0) is 14.3 Å². The second-order valence-corrected chi connectivity index (χ2v) is 4.56. The summed E-state index contributed by atoms with van der Waals surface area (Å²) in [5.74, 6) is 0.0864. The molecule has 1 aliphatic carbocycles. The standard InChI is InChI=1S/C13H16O4/c1-8-6-10(13(15)16-2)9(7-11(8)14)12-4-3-5-17-12/h3-5,8-10H,6-7H2,1-2H3/t8-,9+,10+/m1/s1. The average molecular weight is 236 g/mol. The first-order chi connectivity index (χ1) is 8.13. The molecule has 0 aromatic carbocycles. The van der Waals surface area contributed by atoms with Crippen LogP contribution >= 0.6 is 0 Å². The van der Waals surface area contributed by atoms with Gasteiger partial charge >= 0.3 is 5.97 Å². The second-order valence-electron chi connectivity index (χ2n) is 4.56. The van der Waals surface area contributed by atoms with Crippen LogP contribution in [0.3, 0.4) is 0 Å². The molecular weight excluding hydrogens is 220 g/mol. The molecule has 4 nitrogen and oxygen atoms in total. The number of hydrogen-bond acceptors (Lipinski definition) is 4. The molecule has 0 N–H and O–H groups in total. The Labute approximate surface area is 99.9 Å². The van der Waals surface area contributed by atoms with Crippen LogP contribution in [0.1, 0.15) is 31.4 Å². The molecule has 0 unspecified atom stereocenters. The zero-order valence-electron chi connectivity index (χ0n) is 10.0. The number of carbonyl (C=O) groups is 2. The third-order valence-electron chi connectivity index (χ3n) is 3.48. The van der Waals surface area contributed by atoms with Gasteiger partial charge in [-0.25, -0.2) is 0 Å². The summed E-state index contributed by atoms with van der Waals surface area (Å²) >= 11 is 0. The number of hydrogen-bond donors (Lipinski definition) is 0. The van der Waals surface area contributed by atoms with E-state index in [0.29, 0.717) is 18.6 Å². The zero-order chi connectivity index (χ0) is 12.4. The van der Waals surface area contributed by atoms with Gasteiger partial charge in [-0.2, -0.15) is 0 Å². The lowest BCUT2D eigenvalue weighted by molar-refractivity contribution is -0.149. The van der Waals surface area contributed by atoms with E-state index in [2.05, 4.69) is 0 Å². The Balaban J connectivity index is 2.26. The van der Waals surface area contributed by atoms with E-state index in [-0.39, 0.29) is 29.5 Å². The van der Waals surface area contributed by atoms with Gasteiger partial charge < -0.3 is 9.15 Å². The summed E-state index contributed by atoms with van der Waals surface area (Å²) < 4.78 is 10.1. The van der Waals surface area contributed by atoms with Crippen molar-refractivity contribution in [3.05, 3.63) is 24.2 Å². The fraction of sp³-hybridized carbons (Fsp3) is 0.538. The lowest BCUT2D eigenvalue weighted by Gasteiger charge is -2.30. The summed E-state index contributed by atoms with van der Waals surface area (Å²) in [5, 5.41) is 0. The molecular formula is C13H16O4. The first-order valence-electron chi connectivity index (χ1n) is 5.77. The van der Waals surface area contributed by atoms with Gasteiger partial charge in [0.1, 0.15) is 11.5 Å². The van der Waals surface area contributed by atoms with Crippen molar-refractivity contribution in [2.45, 2.75) is 25.7 Å². The van der Waals surface area contributed by atoms with Crippen LogP contribution < -0.4 is 0 Å². The minimum Gasteiger partial charge on any atom is -0.469 e. The van der Waals surface area contributed by atoms with Crippen LogP contribution in [0.25, 0.3) is 0 Å². The maximum atomic E-state index is 11.8. The molecule has 0 bridgehead atoms. The Hall–Kier alpha value is -1.58. The highest BCUT2D eigenvalue weighted by Gasteiger charge is 2.40. The van der Waals surface area contributed by atoms with Crippen LogP contribution in [0.15, 0.2) is 22.8 Å². The topological polar surface area (TPSA) is 56.5 Å². The minimum absolute atomic E-state index is 0.0784. The summed E-state index contributed by atoms with van der Waals surface area (Å²) in [5.41, 5.74) is 0. The summed E-state index contributed by atoms with van der Waals surface area (Å²) in [6.45, 7) is 1.86. The summed E-state index contributed by atoms with van der Waals surface area (Å²) in [7, 11) is 1.38. The van der Waals surface area contributed by atoms with E-state index in [0.717, 1.165) is 0 Å². The molecule has 17 heavy (non-hydrogen) atoms. The Kier molecular flexibility index (Phi) is 3.31. The lowest BCUT2D eigenvalue weighted by atomic mass is 9.73. The van der Waals surface area contributed by atoms with Crippen LogP contribution in [-0.4, -0.2) is 18.9 Å². The van der Waals surface area contributed by atoms with Crippen molar-refractivity contribution in [1.29, 1.82) is 0 Å². The largest absolute Gasteiger partial charge is 0.469 e. The molecule has 1 aromatic heterocycles. The van der Waals surface area contributed by atoms with Gasteiger partial charge in [-0.05, 0) is 18.6 Å². The number of carbonyl (C=O) groups excluding carboxylic acids is 2. The monoisotopic (exact) mass is 236 g/mol. The minimum atomic E-state index is -0.279. The molecule has 1 saturated carbocycles. The van der Waals surface area contributed by atoms with Crippen molar-refractivity contribution >= 4 is 11.8 Å². The van der Waals surface area contributed by atoms with Crippen LogP contribution in [0.5, 0.6) is 0 Å². The smallest absolute Gasteiger partial charge is 0.309 e. The molecule has 0 saturated heterocycles. The van der Waals surface area contributed by atoms with Crippen LogP contribution in [0, 0.1) is 11.8 Å². The molecule has 0 radical (unpaired) electrons. The van der Waals surface area contributed by atoms with E-state index in [4.69, 9.17) is 9.15 Å². The number of ether oxygens (including phenoxy) is 1. The van der Waals surface area contributed by atoms with E-state index in [9.17, 15) is 9.59 Å². The van der Waals surface area contributed by atoms with E-state index in [1.165, 1.54) is 7.11 Å². The van der Waals surface area contributed by atoms with Crippen molar-refractivity contribution in [3.63, 3.8) is 0 Å². The maximum absolute atomic E-state index is 11.8. The molecule has 92 valence electrons. The Morgan fingerprint density at radius 1 is 1.53 bits per heavy atom. The van der Waals surface area contributed by atoms with Crippen molar-refractivity contribution in [2.24, 2.45) is 11.8 Å². The Bertz CT molecular complexity index is 407. The van der Waals surface area contributed by atoms with Crippen LogP contribution in [0.2, 0.25) is 0 Å². The molecule has 1 fully saturated rings. The van der Waals surface area contributed by atoms with Crippen molar-refractivity contribution in [2.75, 3.05) is 7.11 Å². The van der Waals surface area contributed by atoms with Gasteiger partial charge in [-0.1, -0.05) is 6.92 Å². The van der Waals surface area contributed by atoms with Gasteiger partial charge in [0.2, 0.25) is 0 Å². The molecule has 1 heterocycles. The molecule has 1 aromatic rings. The SMILES string of the molecule is COC(=O)[C@H]1C[C@@H](C)C(=O)C[C@@H]1c1ccco1. The molecule has 0 spiro atoms. The number of rotatable bonds is 2. The van der Waals surface area contributed by atoms with E-state index < -0.39 is 0 Å². The van der Waals surface area contributed by atoms with Crippen molar-refractivity contribution < 1.29 is 18.7 Å². The van der Waals surface area contributed by atoms with E-state index in [1.54, 1.807) is 12.3 Å². The number of esters is 1. The molecule has 0 aliphatic heterocycles. The van der Waals surface area contributed by atoms with E-state index >= 15 is 0 Å². The highest BCUT2D eigenvalue weighted by Crippen LogP contribution is 2.39. The zero-order valence-corrected chi connectivity index (χ0v) is 10.0. The number of Topliss-reactive ketones (excluding diaryl/α,β-unsaturated/α-hetero) is 1. The summed E-state index contributed by atoms with van der Waals surface area (Å²) in [6, 6.07) is 3.58. The highest BCUT2D eigenvalue weighted by molar-refractivity contribution is 5.85. The van der Waals surface area contributed by atoms with Gasteiger partial charge in [0, 0.05) is 18.3 Å². The van der Waals surface area contributed by atoms with Crippen molar-refractivity contribution in [1.82, 2.24) is 0 Å². The van der Waals surface area contributed by atoms with Crippen molar-refractivity contribution in [3.8, 4) is 0 Å². The normalized spacial score (nSPS) is 29.1. The predicted octanol–water partition coefficient (Wildman–Crippen LogP) is 2.15. The van der Waals surface area contributed by atoms with Gasteiger partial charge in [-0.15, -0.1) is 0 Å². The lowest BCUT2D eigenvalue weighted by Crippen LogP contribution is -2.34. The molecule has 4 heteroatoms. The summed E-state index contributed by atoms with van der Waals surface area (Å²) in [4.78, 5) is 23.5. The van der Waals surface area contributed by atoms with Crippen LogP contribution in [0.4, 0.5) is 0 Å². The molecule has 3 atom stereocenters. The fourth-order valence-electron chi connectivity index (χ4n) is 2.45. The number of methoxy groups -OCH3 is 1. The third kappa shape index (κ3) is 2.25. The van der Waals surface area contributed by atoms with Gasteiger partial charge in [-0.3, -0.25) is 9.59 Å². The first-order valence-corrected chi connectivity index (χ1v) is 5.77. The Morgan fingerprint density at radius 3 is 2.88 bits per heavy atom. The quantitative estimate of drug-likeness (QED) is 0.738. The van der Waals surface area contributed by atoms with Gasteiger partial charge in [0.05, 0.1) is 19.3 Å². The Morgan fingerprint density at radius 2 is 2.29 bits per heavy atom. The molecule has 1 aliphatic rings. The van der Waals surface area contributed by atoms with Gasteiger partial charge in [0.25, 0.3) is 0 Å². The highest BCUT2D eigenvalue weighted by atomic mass is 16.5. The predicted molar refractivity (Wildman–Crippen MR) is 60.4 cm³/mol.